The Bertz CT molecular complexity index is 751. The van der Waals surface area contributed by atoms with E-state index < -0.39 is 6.09 Å². The van der Waals surface area contributed by atoms with Gasteiger partial charge in [0.1, 0.15) is 0 Å². The van der Waals surface area contributed by atoms with Gasteiger partial charge >= 0.3 is 6.09 Å². The Morgan fingerprint density at radius 2 is 1.71 bits per heavy atom. The van der Waals surface area contributed by atoms with Gasteiger partial charge in [0, 0.05) is 25.2 Å². The number of ether oxygens (including phenoxy) is 2. The SMILES string of the molecule is COc1cccc(C=CC(=O)c2ccccc2)c1OC(=O)N(C)C. The first-order valence-electron chi connectivity index (χ1n) is 7.36. The van der Waals surface area contributed by atoms with Gasteiger partial charge in [-0.1, -0.05) is 42.5 Å². The van der Waals surface area contributed by atoms with E-state index in [-0.39, 0.29) is 11.5 Å². The van der Waals surface area contributed by atoms with Crippen molar-refractivity contribution in [2.75, 3.05) is 21.2 Å². The average molecular weight is 325 g/mol. The van der Waals surface area contributed by atoms with E-state index in [4.69, 9.17) is 9.47 Å². The fourth-order valence-corrected chi connectivity index (χ4v) is 1.98. The maximum atomic E-state index is 12.2. The lowest BCUT2D eigenvalue weighted by atomic mass is 10.1. The molecule has 124 valence electrons. The van der Waals surface area contributed by atoms with Gasteiger partial charge in [0.2, 0.25) is 0 Å². The summed E-state index contributed by atoms with van der Waals surface area (Å²) in [5.74, 6) is 0.554. The summed E-state index contributed by atoms with van der Waals surface area (Å²) in [6, 6.07) is 14.1. The first-order valence-corrected chi connectivity index (χ1v) is 7.36. The maximum Gasteiger partial charge on any atom is 0.414 e. The molecule has 0 aliphatic rings. The Labute approximate surface area is 141 Å². The quantitative estimate of drug-likeness (QED) is 0.622. The van der Waals surface area contributed by atoms with Crippen LogP contribution in [0.4, 0.5) is 4.79 Å². The van der Waals surface area contributed by atoms with Crippen LogP contribution >= 0.6 is 0 Å². The van der Waals surface area contributed by atoms with Crippen molar-refractivity contribution in [3.8, 4) is 11.5 Å². The van der Waals surface area contributed by atoms with Crippen LogP contribution in [-0.4, -0.2) is 38.0 Å². The van der Waals surface area contributed by atoms with Crippen molar-refractivity contribution in [2.24, 2.45) is 0 Å². The van der Waals surface area contributed by atoms with Crippen LogP contribution in [0, 0.1) is 0 Å². The number of carbonyl (C=O) groups is 2. The van der Waals surface area contributed by atoms with Crippen LogP contribution in [0.3, 0.4) is 0 Å². The molecule has 2 aromatic carbocycles. The van der Waals surface area contributed by atoms with Gasteiger partial charge in [0.25, 0.3) is 0 Å². The number of hydrogen-bond donors (Lipinski definition) is 0. The lowest BCUT2D eigenvalue weighted by molar-refractivity contribution is 0.104. The van der Waals surface area contributed by atoms with Crippen molar-refractivity contribution < 1.29 is 19.1 Å². The van der Waals surface area contributed by atoms with E-state index in [1.807, 2.05) is 6.07 Å². The minimum absolute atomic E-state index is 0.136. The molecule has 0 saturated heterocycles. The maximum absolute atomic E-state index is 12.2. The number of nitrogens with zero attached hydrogens (tertiary/aromatic N) is 1. The Kier molecular flexibility index (Phi) is 5.73. The second-order valence-electron chi connectivity index (χ2n) is 5.20. The molecule has 0 spiro atoms. The summed E-state index contributed by atoms with van der Waals surface area (Å²) in [5.41, 5.74) is 1.16. The lowest BCUT2D eigenvalue weighted by Crippen LogP contribution is -2.25. The zero-order valence-electron chi connectivity index (χ0n) is 13.9. The van der Waals surface area contributed by atoms with Gasteiger partial charge in [0.05, 0.1) is 7.11 Å². The number of ketones is 1. The van der Waals surface area contributed by atoms with Gasteiger partial charge in [-0.2, -0.15) is 0 Å². The van der Waals surface area contributed by atoms with Gasteiger partial charge in [-0.05, 0) is 18.2 Å². The second-order valence-corrected chi connectivity index (χ2v) is 5.20. The molecule has 0 fully saturated rings. The van der Waals surface area contributed by atoms with Crippen LogP contribution in [0.15, 0.2) is 54.6 Å². The van der Waals surface area contributed by atoms with Crippen molar-refractivity contribution in [2.45, 2.75) is 0 Å². The van der Waals surface area contributed by atoms with Crippen LogP contribution < -0.4 is 9.47 Å². The zero-order valence-corrected chi connectivity index (χ0v) is 13.9. The van der Waals surface area contributed by atoms with Crippen molar-refractivity contribution in [1.29, 1.82) is 0 Å². The number of methoxy groups -OCH3 is 1. The fourth-order valence-electron chi connectivity index (χ4n) is 1.98. The third-order valence-electron chi connectivity index (χ3n) is 3.26. The topological polar surface area (TPSA) is 55.8 Å². The molecule has 5 nitrogen and oxygen atoms in total. The zero-order chi connectivity index (χ0) is 17.5. The largest absolute Gasteiger partial charge is 0.493 e. The van der Waals surface area contributed by atoms with Crippen LogP contribution in [0.1, 0.15) is 15.9 Å². The minimum Gasteiger partial charge on any atom is -0.493 e. The van der Waals surface area contributed by atoms with Crippen molar-refractivity contribution in [3.63, 3.8) is 0 Å². The van der Waals surface area contributed by atoms with E-state index in [0.717, 1.165) is 0 Å². The van der Waals surface area contributed by atoms with E-state index in [2.05, 4.69) is 0 Å². The number of allylic oxidation sites excluding steroid dienone is 1. The van der Waals surface area contributed by atoms with E-state index in [9.17, 15) is 9.59 Å². The van der Waals surface area contributed by atoms with Crippen LogP contribution in [-0.2, 0) is 0 Å². The molecule has 0 unspecified atom stereocenters. The van der Waals surface area contributed by atoms with Gasteiger partial charge < -0.3 is 14.4 Å². The Morgan fingerprint density at radius 1 is 1.00 bits per heavy atom. The summed E-state index contributed by atoms with van der Waals surface area (Å²) < 4.78 is 10.6. The van der Waals surface area contributed by atoms with Gasteiger partial charge in [-0.25, -0.2) is 4.79 Å². The molecule has 0 bridgehead atoms. The molecule has 0 N–H and O–H groups in total. The molecule has 0 aromatic heterocycles. The Morgan fingerprint density at radius 3 is 2.33 bits per heavy atom. The molecule has 0 heterocycles. The Hall–Kier alpha value is -3.08. The fraction of sp³-hybridized carbons (Fsp3) is 0.158. The molecule has 0 atom stereocenters. The standard InChI is InChI=1S/C19H19NO4/c1-20(2)19(22)24-18-15(10-7-11-17(18)23-3)12-13-16(21)14-8-5-4-6-9-14/h4-13H,1-3H3. The molecule has 24 heavy (non-hydrogen) atoms. The molecule has 2 rings (SSSR count). The van der Waals surface area contributed by atoms with Crippen LogP contribution in [0.5, 0.6) is 11.5 Å². The predicted octanol–water partition coefficient (Wildman–Crippen LogP) is 3.65. The van der Waals surface area contributed by atoms with Gasteiger partial charge in [-0.3, -0.25) is 4.79 Å². The number of para-hydroxylation sites is 1. The monoisotopic (exact) mass is 325 g/mol. The van der Waals surface area contributed by atoms with Crippen LogP contribution in [0.25, 0.3) is 6.08 Å². The lowest BCUT2D eigenvalue weighted by Gasteiger charge is -2.15. The van der Waals surface area contributed by atoms with Crippen LogP contribution in [0.2, 0.25) is 0 Å². The third-order valence-corrected chi connectivity index (χ3v) is 3.26. The Balaban J connectivity index is 2.31. The number of benzene rings is 2. The summed E-state index contributed by atoms with van der Waals surface area (Å²) in [7, 11) is 4.67. The smallest absolute Gasteiger partial charge is 0.414 e. The average Bonchev–Trinajstić information content (AvgIpc) is 2.60. The molecule has 0 saturated carbocycles. The first kappa shape index (κ1) is 17.3. The second kappa shape index (κ2) is 7.97. The number of carbonyl (C=O) groups excluding carboxylic acids is 2. The molecule has 5 heteroatoms. The van der Waals surface area contributed by atoms with E-state index in [0.29, 0.717) is 16.9 Å². The number of amides is 1. The normalized spacial score (nSPS) is 10.5. The highest BCUT2D eigenvalue weighted by Crippen LogP contribution is 2.32. The molecular formula is C19H19NO4. The molecule has 2 aromatic rings. The highest BCUT2D eigenvalue weighted by molar-refractivity contribution is 6.07. The van der Waals surface area contributed by atoms with E-state index >= 15 is 0 Å². The molecule has 0 aliphatic carbocycles. The summed E-state index contributed by atoms with van der Waals surface area (Å²) in [6.07, 6.45) is 2.52. The summed E-state index contributed by atoms with van der Waals surface area (Å²) in [4.78, 5) is 25.3. The van der Waals surface area contributed by atoms with Crippen molar-refractivity contribution >= 4 is 18.0 Å². The summed E-state index contributed by atoms with van der Waals surface area (Å²) >= 11 is 0. The van der Waals surface area contributed by atoms with E-state index in [1.165, 1.54) is 18.1 Å². The number of rotatable bonds is 5. The predicted molar refractivity (Wildman–Crippen MR) is 92.5 cm³/mol. The molecule has 1 amide bonds. The summed E-state index contributed by atoms with van der Waals surface area (Å²) in [5, 5.41) is 0. The molecule has 0 radical (unpaired) electrons. The van der Waals surface area contributed by atoms with Crippen molar-refractivity contribution in [1.82, 2.24) is 4.90 Å². The molecular weight excluding hydrogens is 306 g/mol. The first-order chi connectivity index (χ1) is 11.5. The molecule has 0 aliphatic heterocycles. The highest BCUT2D eigenvalue weighted by atomic mass is 16.6. The van der Waals surface area contributed by atoms with Gasteiger partial charge in [-0.15, -0.1) is 0 Å². The van der Waals surface area contributed by atoms with Gasteiger partial charge in [0.15, 0.2) is 17.3 Å². The highest BCUT2D eigenvalue weighted by Gasteiger charge is 2.15. The number of hydrogen-bond acceptors (Lipinski definition) is 4. The summed E-state index contributed by atoms with van der Waals surface area (Å²) in [6.45, 7) is 0. The van der Waals surface area contributed by atoms with E-state index in [1.54, 1.807) is 62.6 Å². The minimum atomic E-state index is -0.525. The third kappa shape index (κ3) is 4.23. The van der Waals surface area contributed by atoms with Crippen molar-refractivity contribution in [3.05, 3.63) is 65.7 Å².